The minimum atomic E-state index is -0.946. The van der Waals surface area contributed by atoms with E-state index < -0.39 is 17.7 Å². The summed E-state index contributed by atoms with van der Waals surface area (Å²) in [4.78, 5) is 24.6. The highest BCUT2D eigenvalue weighted by molar-refractivity contribution is 7.99. The van der Waals surface area contributed by atoms with Crippen LogP contribution in [-0.2, 0) is 4.79 Å². The lowest BCUT2D eigenvalue weighted by molar-refractivity contribution is -0.138. The predicted octanol–water partition coefficient (Wildman–Crippen LogP) is 1.86. The molecule has 1 N–H and O–H groups in total. The van der Waals surface area contributed by atoms with Crippen molar-refractivity contribution >= 4 is 23.6 Å². The summed E-state index contributed by atoms with van der Waals surface area (Å²) in [5.74, 6) is -0.619. The summed E-state index contributed by atoms with van der Waals surface area (Å²) in [6.45, 7) is 0.454. The van der Waals surface area contributed by atoms with E-state index in [0.29, 0.717) is 12.3 Å². The van der Waals surface area contributed by atoms with Crippen LogP contribution in [0.5, 0.6) is 0 Å². The first-order chi connectivity index (χ1) is 9.09. The zero-order chi connectivity index (χ0) is 13.8. The van der Waals surface area contributed by atoms with Crippen LogP contribution in [0.4, 0.5) is 4.39 Å². The molecule has 102 valence electrons. The van der Waals surface area contributed by atoms with E-state index in [2.05, 4.69) is 0 Å². The maximum Gasteiger partial charge on any atom is 0.305 e. The molecule has 4 nitrogen and oxygen atoms in total. The zero-order valence-corrected chi connectivity index (χ0v) is 11.0. The minimum absolute atomic E-state index is 0.00443. The number of thioether (sulfide) groups is 1. The number of carbonyl (C=O) groups excluding carboxylic acids is 1. The fourth-order valence-corrected chi connectivity index (χ4v) is 3.14. The van der Waals surface area contributed by atoms with Gasteiger partial charge in [-0.3, -0.25) is 9.59 Å². The molecular formula is C13H14FNO3S. The molecule has 1 fully saturated rings. The van der Waals surface area contributed by atoms with Gasteiger partial charge in [0.15, 0.2) is 0 Å². The van der Waals surface area contributed by atoms with Crippen molar-refractivity contribution in [2.24, 2.45) is 0 Å². The van der Waals surface area contributed by atoms with Crippen molar-refractivity contribution < 1.29 is 19.1 Å². The van der Waals surface area contributed by atoms with Gasteiger partial charge in [-0.25, -0.2) is 4.39 Å². The Morgan fingerprint density at radius 3 is 2.84 bits per heavy atom. The SMILES string of the molecule is O=C(O)CC1CSCCN1C(=O)c1ccccc1F. The maximum absolute atomic E-state index is 13.6. The van der Waals surface area contributed by atoms with E-state index in [0.717, 1.165) is 5.75 Å². The van der Waals surface area contributed by atoms with Crippen LogP contribution in [0.2, 0.25) is 0 Å². The average molecular weight is 283 g/mol. The monoisotopic (exact) mass is 283 g/mol. The lowest BCUT2D eigenvalue weighted by Crippen LogP contribution is -2.47. The highest BCUT2D eigenvalue weighted by atomic mass is 32.2. The highest BCUT2D eigenvalue weighted by Gasteiger charge is 2.30. The second kappa shape index (κ2) is 6.06. The van der Waals surface area contributed by atoms with Gasteiger partial charge in [-0.15, -0.1) is 0 Å². The Bertz CT molecular complexity index is 495. The molecule has 2 rings (SSSR count). The predicted molar refractivity (Wildman–Crippen MR) is 70.8 cm³/mol. The molecule has 0 radical (unpaired) electrons. The van der Waals surface area contributed by atoms with Gasteiger partial charge >= 0.3 is 5.97 Å². The number of rotatable bonds is 3. The van der Waals surface area contributed by atoms with Gasteiger partial charge in [0.2, 0.25) is 0 Å². The number of aliphatic carboxylic acids is 1. The van der Waals surface area contributed by atoms with E-state index in [1.165, 1.54) is 23.1 Å². The summed E-state index contributed by atoms with van der Waals surface area (Å²) in [5, 5.41) is 8.87. The van der Waals surface area contributed by atoms with Gasteiger partial charge in [0, 0.05) is 18.1 Å². The van der Waals surface area contributed by atoms with Gasteiger partial charge < -0.3 is 10.0 Å². The molecule has 0 aromatic heterocycles. The lowest BCUT2D eigenvalue weighted by atomic mass is 10.1. The maximum atomic E-state index is 13.6. The zero-order valence-electron chi connectivity index (χ0n) is 10.2. The first kappa shape index (κ1) is 13.9. The number of carboxylic acid groups (broad SMARTS) is 1. The van der Waals surface area contributed by atoms with E-state index in [9.17, 15) is 14.0 Å². The fraction of sp³-hybridized carbons (Fsp3) is 0.385. The summed E-state index contributed by atoms with van der Waals surface area (Å²) in [7, 11) is 0. The number of carbonyl (C=O) groups is 2. The number of nitrogens with zero attached hydrogens (tertiary/aromatic N) is 1. The van der Waals surface area contributed by atoms with Crippen molar-refractivity contribution in [1.82, 2.24) is 4.90 Å². The molecule has 0 aliphatic carbocycles. The van der Waals surface area contributed by atoms with Gasteiger partial charge in [0.05, 0.1) is 18.0 Å². The van der Waals surface area contributed by atoms with Crippen molar-refractivity contribution in [2.45, 2.75) is 12.5 Å². The van der Waals surface area contributed by atoms with Gasteiger partial charge in [-0.2, -0.15) is 11.8 Å². The molecule has 1 aliphatic heterocycles. The third-order valence-corrected chi connectivity index (χ3v) is 4.09. The van der Waals surface area contributed by atoms with Crippen molar-refractivity contribution in [3.05, 3.63) is 35.6 Å². The van der Waals surface area contributed by atoms with Crippen LogP contribution in [0.25, 0.3) is 0 Å². The number of hydrogen-bond donors (Lipinski definition) is 1. The van der Waals surface area contributed by atoms with Crippen LogP contribution >= 0.6 is 11.8 Å². The molecule has 0 bridgehead atoms. The molecule has 1 aliphatic rings. The van der Waals surface area contributed by atoms with Gasteiger partial charge in [-0.1, -0.05) is 12.1 Å². The molecular weight excluding hydrogens is 269 g/mol. The molecule has 1 aromatic rings. The molecule has 1 unspecified atom stereocenters. The molecule has 1 atom stereocenters. The van der Waals surface area contributed by atoms with Crippen molar-refractivity contribution in [1.29, 1.82) is 0 Å². The Morgan fingerprint density at radius 1 is 1.42 bits per heavy atom. The smallest absolute Gasteiger partial charge is 0.305 e. The molecule has 0 spiro atoms. The van der Waals surface area contributed by atoms with Crippen LogP contribution < -0.4 is 0 Å². The highest BCUT2D eigenvalue weighted by Crippen LogP contribution is 2.22. The van der Waals surface area contributed by atoms with E-state index in [4.69, 9.17) is 5.11 Å². The van der Waals surface area contributed by atoms with Crippen LogP contribution in [0.15, 0.2) is 24.3 Å². The Hall–Kier alpha value is -1.56. The normalized spacial score (nSPS) is 19.2. The van der Waals surface area contributed by atoms with Crippen LogP contribution in [-0.4, -0.2) is 46.0 Å². The van der Waals surface area contributed by atoms with Crippen molar-refractivity contribution in [3.63, 3.8) is 0 Å². The quantitative estimate of drug-likeness (QED) is 0.920. The molecule has 1 amide bonds. The number of benzene rings is 1. The van der Waals surface area contributed by atoms with E-state index >= 15 is 0 Å². The summed E-state index contributed by atoms with van der Waals surface area (Å²) in [6, 6.07) is 5.41. The second-order valence-corrected chi connectivity index (χ2v) is 5.45. The molecule has 6 heteroatoms. The summed E-state index contributed by atoms with van der Waals surface area (Å²) in [6.07, 6.45) is -0.104. The topological polar surface area (TPSA) is 57.6 Å². The average Bonchev–Trinajstić information content (AvgIpc) is 2.38. The Balaban J connectivity index is 2.20. The van der Waals surface area contributed by atoms with E-state index in [1.54, 1.807) is 17.8 Å². The van der Waals surface area contributed by atoms with Gasteiger partial charge in [-0.05, 0) is 12.1 Å². The largest absolute Gasteiger partial charge is 0.481 e. The minimum Gasteiger partial charge on any atom is -0.481 e. The van der Waals surface area contributed by atoms with Gasteiger partial charge in [0.25, 0.3) is 5.91 Å². The number of halogens is 1. The first-order valence-electron chi connectivity index (χ1n) is 5.94. The Morgan fingerprint density at radius 2 is 2.16 bits per heavy atom. The Kier molecular flexibility index (Phi) is 4.42. The third kappa shape index (κ3) is 3.26. The fourth-order valence-electron chi connectivity index (χ4n) is 2.08. The van der Waals surface area contributed by atoms with Crippen molar-refractivity contribution in [2.75, 3.05) is 18.1 Å². The molecule has 1 heterocycles. The molecule has 0 saturated carbocycles. The second-order valence-electron chi connectivity index (χ2n) is 4.30. The number of amides is 1. The van der Waals surface area contributed by atoms with E-state index in [-0.39, 0.29) is 18.0 Å². The first-order valence-corrected chi connectivity index (χ1v) is 7.10. The van der Waals surface area contributed by atoms with Gasteiger partial charge in [0.1, 0.15) is 5.82 Å². The molecule has 1 aromatic carbocycles. The molecule has 19 heavy (non-hydrogen) atoms. The lowest BCUT2D eigenvalue weighted by Gasteiger charge is -2.34. The van der Waals surface area contributed by atoms with Crippen LogP contribution in [0.3, 0.4) is 0 Å². The summed E-state index contributed by atoms with van der Waals surface area (Å²) >= 11 is 1.61. The molecule has 1 saturated heterocycles. The van der Waals surface area contributed by atoms with E-state index in [1.807, 2.05) is 0 Å². The third-order valence-electron chi connectivity index (χ3n) is 3.00. The number of hydrogen-bond acceptors (Lipinski definition) is 3. The van der Waals surface area contributed by atoms with Crippen LogP contribution in [0.1, 0.15) is 16.8 Å². The summed E-state index contributed by atoms with van der Waals surface area (Å²) < 4.78 is 13.6. The Labute approximate surface area is 114 Å². The van der Waals surface area contributed by atoms with Crippen molar-refractivity contribution in [3.8, 4) is 0 Å². The number of carboxylic acids is 1. The van der Waals surface area contributed by atoms with Crippen LogP contribution in [0, 0.1) is 5.82 Å². The summed E-state index contributed by atoms with van der Waals surface area (Å²) in [5.41, 5.74) is 0.00443. The standard InChI is InChI=1S/C13H14FNO3S/c14-11-4-2-1-3-10(11)13(18)15-5-6-19-8-9(15)7-12(16)17/h1-4,9H,5-8H2,(H,16,17).